The van der Waals surface area contributed by atoms with E-state index in [0.717, 1.165) is 77.3 Å². The van der Waals surface area contributed by atoms with Gasteiger partial charge in [0.2, 0.25) is 0 Å². The number of anilines is 3. The highest BCUT2D eigenvalue weighted by Gasteiger charge is 2.25. The second-order valence-corrected chi connectivity index (χ2v) is 15.6. The molecule has 0 spiro atoms. The maximum Gasteiger partial charge on any atom is 0.143 e. The molecule has 0 saturated heterocycles. The Labute approximate surface area is 319 Å². The lowest BCUT2D eigenvalue weighted by atomic mass is 10.00. The van der Waals surface area contributed by atoms with Gasteiger partial charge >= 0.3 is 0 Å². The summed E-state index contributed by atoms with van der Waals surface area (Å²) < 4.78 is 10.2. The molecule has 8 aromatic carbocycles. The van der Waals surface area contributed by atoms with Crippen molar-refractivity contribution in [3.63, 3.8) is 0 Å². The van der Waals surface area contributed by atoms with Gasteiger partial charge in [-0.25, -0.2) is 4.98 Å². The molecule has 0 saturated carbocycles. The van der Waals surface area contributed by atoms with Gasteiger partial charge in [-0.2, -0.15) is 0 Å². The van der Waals surface area contributed by atoms with E-state index in [0.29, 0.717) is 0 Å². The number of thiophene rings is 1. The molecule has 0 amide bonds. The Hall–Kier alpha value is -6.53. The fourth-order valence-corrected chi connectivity index (χ4v) is 10.2. The Balaban J connectivity index is 1.17. The van der Waals surface area contributed by atoms with E-state index in [1.54, 1.807) is 11.3 Å². The van der Waals surface area contributed by atoms with Crippen LogP contribution in [0.2, 0.25) is 0 Å². The minimum atomic E-state index is 0.902. The van der Waals surface area contributed by atoms with Crippen LogP contribution in [0, 0.1) is 0 Å². The SMILES string of the molecule is c1ccc(-c2nc3c(N(c4ccc(-c5cccc6c5oc5ccccc56)cc4)c4ccccc4-c4ccccc4)cc4sc5ccccc5c4c3s2)cc1. The molecule has 0 aliphatic rings. The summed E-state index contributed by atoms with van der Waals surface area (Å²) in [6.45, 7) is 0. The van der Waals surface area contributed by atoms with Crippen LogP contribution < -0.4 is 4.90 Å². The molecule has 0 atom stereocenters. The number of nitrogens with zero attached hydrogens (tertiary/aromatic N) is 2. The number of benzene rings is 8. The second kappa shape index (κ2) is 12.6. The molecule has 5 heteroatoms. The smallest absolute Gasteiger partial charge is 0.143 e. The normalized spacial score (nSPS) is 11.7. The van der Waals surface area contributed by atoms with Crippen molar-refractivity contribution in [2.75, 3.05) is 4.90 Å². The summed E-state index contributed by atoms with van der Waals surface area (Å²) in [7, 11) is 0. The van der Waals surface area contributed by atoms with Crippen LogP contribution in [0.3, 0.4) is 0 Å². The van der Waals surface area contributed by atoms with E-state index in [2.05, 4.69) is 175 Å². The first-order valence-corrected chi connectivity index (χ1v) is 19.7. The van der Waals surface area contributed by atoms with Crippen molar-refractivity contribution in [2.45, 2.75) is 0 Å². The second-order valence-electron chi connectivity index (χ2n) is 13.5. The standard InChI is InChI=1S/C49H30N2OS2/c1-3-14-31(15-4-1)35-18-7-10-23-40(35)51(34-28-26-32(27-29-34)36-21-13-22-38-37-19-8-11-24-42(37)52-47(36)38)41-30-44-45(39-20-9-12-25-43(39)53-44)48-46(41)50-49(54-48)33-16-5-2-6-17-33/h1-30H. The first-order chi connectivity index (χ1) is 26.8. The van der Waals surface area contributed by atoms with Crippen molar-refractivity contribution in [1.82, 2.24) is 4.98 Å². The number of para-hydroxylation sites is 3. The predicted molar refractivity (Wildman–Crippen MR) is 231 cm³/mol. The quantitative estimate of drug-likeness (QED) is 0.171. The van der Waals surface area contributed by atoms with Crippen LogP contribution in [0.15, 0.2) is 186 Å². The van der Waals surface area contributed by atoms with Gasteiger partial charge in [0, 0.05) is 53.3 Å². The molecule has 0 fully saturated rings. The van der Waals surface area contributed by atoms with Gasteiger partial charge in [0.15, 0.2) is 0 Å². The van der Waals surface area contributed by atoms with Crippen molar-refractivity contribution < 1.29 is 4.42 Å². The van der Waals surface area contributed by atoms with Gasteiger partial charge < -0.3 is 9.32 Å². The third-order valence-electron chi connectivity index (χ3n) is 10.3. The van der Waals surface area contributed by atoms with Crippen molar-refractivity contribution in [1.29, 1.82) is 0 Å². The van der Waals surface area contributed by atoms with E-state index in [9.17, 15) is 0 Å². The van der Waals surface area contributed by atoms with Crippen molar-refractivity contribution in [2.24, 2.45) is 0 Å². The number of furan rings is 1. The number of thiazole rings is 1. The topological polar surface area (TPSA) is 29.3 Å². The van der Waals surface area contributed by atoms with E-state index in [-0.39, 0.29) is 0 Å². The monoisotopic (exact) mass is 726 g/mol. The number of rotatable bonds is 6. The zero-order valence-corrected chi connectivity index (χ0v) is 30.6. The van der Waals surface area contributed by atoms with Crippen LogP contribution in [-0.4, -0.2) is 4.98 Å². The Bertz CT molecular complexity index is 3160. The minimum Gasteiger partial charge on any atom is -0.455 e. The maximum absolute atomic E-state index is 6.46. The van der Waals surface area contributed by atoms with Crippen LogP contribution in [-0.2, 0) is 0 Å². The summed E-state index contributed by atoms with van der Waals surface area (Å²) in [5.41, 5.74) is 11.6. The molecule has 11 rings (SSSR count). The average Bonchev–Trinajstić information content (AvgIpc) is 3.96. The predicted octanol–water partition coefficient (Wildman–Crippen LogP) is 15.0. The van der Waals surface area contributed by atoms with Crippen LogP contribution in [0.25, 0.3) is 85.2 Å². The first-order valence-electron chi connectivity index (χ1n) is 18.0. The van der Waals surface area contributed by atoms with E-state index < -0.39 is 0 Å². The summed E-state index contributed by atoms with van der Waals surface area (Å²) in [6.07, 6.45) is 0. The lowest BCUT2D eigenvalue weighted by molar-refractivity contribution is 0.670. The highest BCUT2D eigenvalue weighted by molar-refractivity contribution is 7.28. The third-order valence-corrected chi connectivity index (χ3v) is 12.6. The summed E-state index contributed by atoms with van der Waals surface area (Å²) in [6, 6.07) is 64.7. The van der Waals surface area contributed by atoms with E-state index in [1.165, 1.54) is 24.9 Å². The Morgan fingerprint density at radius 2 is 1.11 bits per heavy atom. The van der Waals surface area contributed by atoms with E-state index in [1.807, 2.05) is 23.5 Å². The lowest BCUT2D eigenvalue weighted by Crippen LogP contribution is -2.12. The van der Waals surface area contributed by atoms with Crippen LogP contribution in [0.4, 0.5) is 17.1 Å². The minimum absolute atomic E-state index is 0.902. The third kappa shape index (κ3) is 4.97. The van der Waals surface area contributed by atoms with Gasteiger partial charge in [-0.3, -0.25) is 0 Å². The summed E-state index contributed by atoms with van der Waals surface area (Å²) in [5.74, 6) is 0. The Morgan fingerprint density at radius 3 is 1.94 bits per heavy atom. The molecule has 254 valence electrons. The fourth-order valence-electron chi connectivity index (χ4n) is 7.83. The van der Waals surface area contributed by atoms with Gasteiger partial charge in [0.05, 0.1) is 16.1 Å². The number of hydrogen-bond acceptors (Lipinski definition) is 5. The highest BCUT2D eigenvalue weighted by Crippen LogP contribution is 2.50. The lowest BCUT2D eigenvalue weighted by Gasteiger charge is -2.28. The largest absolute Gasteiger partial charge is 0.455 e. The molecule has 3 heterocycles. The van der Waals surface area contributed by atoms with Crippen LogP contribution >= 0.6 is 22.7 Å². The molecule has 0 N–H and O–H groups in total. The van der Waals surface area contributed by atoms with Crippen LogP contribution in [0.1, 0.15) is 0 Å². The Morgan fingerprint density at radius 1 is 0.463 bits per heavy atom. The molecule has 54 heavy (non-hydrogen) atoms. The fraction of sp³-hybridized carbons (Fsp3) is 0. The molecule has 0 aliphatic heterocycles. The highest BCUT2D eigenvalue weighted by atomic mass is 32.1. The van der Waals surface area contributed by atoms with Crippen LogP contribution in [0.5, 0.6) is 0 Å². The van der Waals surface area contributed by atoms with Gasteiger partial charge in [0.25, 0.3) is 0 Å². The number of fused-ring (bicyclic) bond motifs is 8. The summed E-state index contributed by atoms with van der Waals surface area (Å²) in [5, 5.41) is 5.83. The molecular weight excluding hydrogens is 697 g/mol. The van der Waals surface area contributed by atoms with Gasteiger partial charge in [-0.1, -0.05) is 146 Å². The molecule has 0 radical (unpaired) electrons. The number of aromatic nitrogens is 1. The zero-order chi connectivity index (χ0) is 35.6. The van der Waals surface area contributed by atoms with Crippen molar-refractivity contribution in [3.05, 3.63) is 182 Å². The van der Waals surface area contributed by atoms with E-state index >= 15 is 0 Å². The van der Waals surface area contributed by atoms with Gasteiger partial charge in [-0.15, -0.1) is 22.7 Å². The van der Waals surface area contributed by atoms with E-state index in [4.69, 9.17) is 9.40 Å². The molecule has 3 aromatic heterocycles. The molecule has 0 bridgehead atoms. The zero-order valence-electron chi connectivity index (χ0n) is 28.9. The summed E-state index contributed by atoms with van der Waals surface area (Å²) >= 11 is 3.63. The molecule has 3 nitrogen and oxygen atoms in total. The van der Waals surface area contributed by atoms with Gasteiger partial charge in [-0.05, 0) is 47.5 Å². The summed E-state index contributed by atoms with van der Waals surface area (Å²) in [4.78, 5) is 7.89. The number of hydrogen-bond donors (Lipinski definition) is 0. The molecule has 0 aliphatic carbocycles. The average molecular weight is 727 g/mol. The maximum atomic E-state index is 6.46. The molecule has 11 aromatic rings. The molecule has 0 unspecified atom stereocenters. The molecular formula is C49H30N2OS2. The first kappa shape index (κ1) is 31.0. The van der Waals surface area contributed by atoms with Gasteiger partial charge in [0.1, 0.15) is 21.7 Å². The Kier molecular flexibility index (Phi) is 7.22. The van der Waals surface area contributed by atoms with Crippen molar-refractivity contribution >= 4 is 92.1 Å². The van der Waals surface area contributed by atoms with Crippen molar-refractivity contribution in [3.8, 4) is 32.8 Å².